The van der Waals surface area contributed by atoms with E-state index in [0.29, 0.717) is 12.1 Å². The monoisotopic (exact) mass is 395 g/mol. The largest absolute Gasteiger partial charge is 0.352 e. The van der Waals surface area contributed by atoms with Gasteiger partial charge in [0.15, 0.2) is 15.0 Å². The van der Waals surface area contributed by atoms with E-state index < -0.39 is 9.84 Å². The van der Waals surface area contributed by atoms with Crippen molar-refractivity contribution in [3.8, 4) is 0 Å². The fraction of sp³-hybridized carbons (Fsp3) is 0.556. The maximum atomic E-state index is 12.3. The molecule has 2 atom stereocenters. The molecule has 3 rings (SSSR count). The van der Waals surface area contributed by atoms with E-state index >= 15 is 0 Å². The SMILES string of the molecule is CCCCCNC(=O)c1ccc(C)c(NC2=NC3CS(=O)(=O)CC3S2)c1. The quantitative estimate of drug-likeness (QED) is 0.723. The Morgan fingerprint density at radius 2 is 2.12 bits per heavy atom. The molecular formula is C18H25N3O3S2. The third kappa shape index (κ3) is 4.59. The van der Waals surface area contributed by atoms with E-state index in [-0.39, 0.29) is 28.7 Å². The van der Waals surface area contributed by atoms with Crippen molar-refractivity contribution < 1.29 is 13.2 Å². The maximum absolute atomic E-state index is 12.3. The highest BCUT2D eigenvalue weighted by molar-refractivity contribution is 8.15. The van der Waals surface area contributed by atoms with Crippen molar-refractivity contribution in [2.75, 3.05) is 23.4 Å². The van der Waals surface area contributed by atoms with Crippen LogP contribution in [0.15, 0.2) is 23.2 Å². The van der Waals surface area contributed by atoms with E-state index in [1.807, 2.05) is 25.1 Å². The lowest BCUT2D eigenvalue weighted by Gasteiger charge is -2.12. The van der Waals surface area contributed by atoms with Gasteiger partial charge in [-0.15, -0.1) is 0 Å². The Hall–Kier alpha value is -1.54. The molecule has 26 heavy (non-hydrogen) atoms. The molecule has 2 unspecified atom stereocenters. The summed E-state index contributed by atoms with van der Waals surface area (Å²) in [7, 11) is -2.95. The Labute approximate surface area is 159 Å². The fourth-order valence-corrected chi connectivity index (χ4v) is 6.78. The average Bonchev–Trinajstić information content (AvgIpc) is 3.06. The van der Waals surface area contributed by atoms with Crippen LogP contribution >= 0.6 is 11.8 Å². The molecule has 2 N–H and O–H groups in total. The predicted molar refractivity (Wildman–Crippen MR) is 108 cm³/mol. The Morgan fingerprint density at radius 3 is 2.85 bits per heavy atom. The van der Waals surface area contributed by atoms with E-state index in [9.17, 15) is 13.2 Å². The van der Waals surface area contributed by atoms with Gasteiger partial charge in [0.2, 0.25) is 0 Å². The van der Waals surface area contributed by atoms with Crippen molar-refractivity contribution in [2.24, 2.45) is 4.99 Å². The van der Waals surface area contributed by atoms with Gasteiger partial charge in [-0.2, -0.15) is 0 Å². The molecule has 1 amide bonds. The van der Waals surface area contributed by atoms with Crippen molar-refractivity contribution in [2.45, 2.75) is 44.4 Å². The van der Waals surface area contributed by atoms with E-state index in [1.165, 1.54) is 11.8 Å². The lowest BCUT2D eigenvalue weighted by atomic mass is 10.1. The second kappa shape index (κ2) is 8.00. The molecule has 0 aliphatic carbocycles. The van der Waals surface area contributed by atoms with E-state index in [4.69, 9.17) is 0 Å². The molecule has 0 aromatic heterocycles. The fourth-order valence-electron chi connectivity index (χ4n) is 3.11. The molecule has 2 heterocycles. The van der Waals surface area contributed by atoms with Gasteiger partial charge in [-0.05, 0) is 31.0 Å². The summed E-state index contributed by atoms with van der Waals surface area (Å²) in [4.78, 5) is 16.8. The summed E-state index contributed by atoms with van der Waals surface area (Å²) in [6, 6.07) is 5.41. The first-order valence-electron chi connectivity index (χ1n) is 8.98. The number of rotatable bonds is 6. The van der Waals surface area contributed by atoms with Gasteiger partial charge in [0.25, 0.3) is 5.91 Å². The first kappa shape index (κ1) is 19.2. The van der Waals surface area contributed by atoms with Crippen LogP contribution in [0, 0.1) is 6.92 Å². The van der Waals surface area contributed by atoms with Crippen molar-refractivity contribution in [3.63, 3.8) is 0 Å². The van der Waals surface area contributed by atoms with Crippen LogP contribution in [0.2, 0.25) is 0 Å². The summed E-state index contributed by atoms with van der Waals surface area (Å²) in [6.07, 6.45) is 3.21. The van der Waals surface area contributed by atoms with Gasteiger partial charge in [0.05, 0.1) is 17.5 Å². The summed E-state index contributed by atoms with van der Waals surface area (Å²) in [5.74, 6) is 0.249. The minimum absolute atomic E-state index is 0.00727. The lowest BCUT2D eigenvalue weighted by Crippen LogP contribution is -2.24. The number of hydrogen-bond donors (Lipinski definition) is 2. The van der Waals surface area contributed by atoms with Crippen LogP contribution in [0.25, 0.3) is 0 Å². The number of anilines is 1. The Bertz CT molecular complexity index is 821. The topological polar surface area (TPSA) is 87.6 Å². The van der Waals surface area contributed by atoms with Gasteiger partial charge < -0.3 is 10.6 Å². The van der Waals surface area contributed by atoms with Crippen LogP contribution in [0.1, 0.15) is 42.1 Å². The standard InChI is InChI=1S/C18H25N3O3S2/c1-3-4-5-8-19-17(22)13-7-6-12(2)14(9-13)20-18-21-15-10-26(23,24)11-16(15)25-18/h6-7,9,15-16H,3-5,8,10-11H2,1-2H3,(H,19,22)(H,20,21). The molecular weight excluding hydrogens is 370 g/mol. The lowest BCUT2D eigenvalue weighted by molar-refractivity contribution is 0.0953. The third-order valence-corrected chi connectivity index (χ3v) is 7.77. The number of nitrogens with zero attached hydrogens (tertiary/aromatic N) is 1. The van der Waals surface area contributed by atoms with Crippen LogP contribution in [0.4, 0.5) is 5.69 Å². The molecule has 0 bridgehead atoms. The van der Waals surface area contributed by atoms with E-state index in [0.717, 1.165) is 35.7 Å². The number of sulfone groups is 1. The van der Waals surface area contributed by atoms with Crippen LogP contribution in [-0.2, 0) is 9.84 Å². The van der Waals surface area contributed by atoms with Gasteiger partial charge in [0.1, 0.15) is 0 Å². The number of amides is 1. The normalized spacial score (nSPS) is 23.4. The minimum Gasteiger partial charge on any atom is -0.352 e. The zero-order chi connectivity index (χ0) is 18.7. The van der Waals surface area contributed by atoms with Crippen LogP contribution < -0.4 is 10.6 Å². The molecule has 142 valence electrons. The van der Waals surface area contributed by atoms with Crippen molar-refractivity contribution in [3.05, 3.63) is 29.3 Å². The summed E-state index contributed by atoms with van der Waals surface area (Å²) in [5.41, 5.74) is 2.46. The Kier molecular flexibility index (Phi) is 5.92. The van der Waals surface area contributed by atoms with Gasteiger partial charge in [0, 0.05) is 23.0 Å². The second-order valence-corrected chi connectivity index (χ2v) is 10.2. The molecule has 1 aromatic rings. The zero-order valence-electron chi connectivity index (χ0n) is 15.1. The second-order valence-electron chi connectivity index (χ2n) is 6.85. The number of nitrogens with one attached hydrogen (secondary N) is 2. The average molecular weight is 396 g/mol. The van der Waals surface area contributed by atoms with Crippen molar-refractivity contribution in [1.29, 1.82) is 0 Å². The highest BCUT2D eigenvalue weighted by Gasteiger charge is 2.42. The molecule has 6 nitrogen and oxygen atoms in total. The summed E-state index contributed by atoms with van der Waals surface area (Å²) in [6.45, 7) is 4.79. The molecule has 0 saturated carbocycles. The number of hydrogen-bond acceptors (Lipinski definition) is 6. The minimum atomic E-state index is -2.95. The van der Waals surface area contributed by atoms with Gasteiger partial charge in [-0.1, -0.05) is 37.6 Å². The van der Waals surface area contributed by atoms with Gasteiger partial charge in [-0.25, -0.2) is 8.42 Å². The summed E-state index contributed by atoms with van der Waals surface area (Å²) < 4.78 is 23.3. The third-order valence-electron chi connectivity index (χ3n) is 4.63. The molecule has 1 saturated heterocycles. The number of thioether (sulfide) groups is 1. The van der Waals surface area contributed by atoms with Crippen LogP contribution in [-0.4, -0.2) is 48.8 Å². The predicted octanol–water partition coefficient (Wildman–Crippen LogP) is 2.60. The molecule has 8 heteroatoms. The number of aryl methyl sites for hydroxylation is 1. The number of unbranched alkanes of at least 4 members (excludes halogenated alkanes) is 2. The Morgan fingerprint density at radius 1 is 1.31 bits per heavy atom. The first-order chi connectivity index (χ1) is 12.4. The molecule has 1 fully saturated rings. The van der Waals surface area contributed by atoms with E-state index in [1.54, 1.807) is 0 Å². The maximum Gasteiger partial charge on any atom is 0.251 e. The zero-order valence-corrected chi connectivity index (χ0v) is 16.8. The number of aliphatic imine (C=N–C) groups is 1. The highest BCUT2D eigenvalue weighted by atomic mass is 32.2. The first-order valence-corrected chi connectivity index (χ1v) is 11.7. The smallest absolute Gasteiger partial charge is 0.251 e. The summed E-state index contributed by atoms with van der Waals surface area (Å²) >= 11 is 1.48. The number of carbonyl (C=O) groups is 1. The van der Waals surface area contributed by atoms with Crippen LogP contribution in [0.3, 0.4) is 0 Å². The molecule has 2 aliphatic heterocycles. The highest BCUT2D eigenvalue weighted by Crippen LogP contribution is 2.35. The molecule has 1 aromatic carbocycles. The molecule has 2 aliphatic rings. The number of amidine groups is 1. The van der Waals surface area contributed by atoms with Crippen molar-refractivity contribution in [1.82, 2.24) is 5.32 Å². The number of carbonyl (C=O) groups excluding carboxylic acids is 1. The van der Waals surface area contributed by atoms with E-state index in [2.05, 4.69) is 22.5 Å². The van der Waals surface area contributed by atoms with Gasteiger partial charge >= 0.3 is 0 Å². The van der Waals surface area contributed by atoms with Crippen LogP contribution in [0.5, 0.6) is 0 Å². The number of benzene rings is 1. The molecule has 0 spiro atoms. The Balaban J connectivity index is 1.65. The van der Waals surface area contributed by atoms with Crippen molar-refractivity contribution >= 4 is 38.4 Å². The van der Waals surface area contributed by atoms with Gasteiger partial charge in [-0.3, -0.25) is 9.79 Å². The number of fused-ring (bicyclic) bond motifs is 1. The summed E-state index contributed by atoms with van der Waals surface area (Å²) in [5, 5.41) is 6.96. The molecule has 0 radical (unpaired) electrons.